The third-order valence-corrected chi connectivity index (χ3v) is 5.57. The zero-order chi connectivity index (χ0) is 18.9. The first-order valence-corrected chi connectivity index (χ1v) is 10.4. The van der Waals surface area contributed by atoms with Crippen molar-refractivity contribution in [2.24, 2.45) is 5.92 Å². The Morgan fingerprint density at radius 2 is 1.80 bits per heavy atom. The number of carbonyl (C=O) groups excluding carboxylic acids is 2. The van der Waals surface area contributed by atoms with Crippen molar-refractivity contribution in [3.63, 3.8) is 0 Å². The van der Waals surface area contributed by atoms with E-state index in [1.807, 2.05) is 0 Å². The predicted octanol–water partition coefficient (Wildman–Crippen LogP) is 2.45. The average Bonchev–Trinajstić information content (AvgIpc) is 3.34. The Bertz CT molecular complexity index is 842. The molecule has 1 aromatic rings. The molecule has 1 aliphatic rings. The molecule has 8 heteroatoms. The molecular weight excluding hydrogens is 408 g/mol. The van der Waals surface area contributed by atoms with Crippen LogP contribution in [0.4, 0.5) is 5.69 Å². The van der Waals surface area contributed by atoms with Gasteiger partial charge in [-0.1, -0.05) is 15.9 Å². The number of hydrogen-bond acceptors (Lipinski definition) is 5. The van der Waals surface area contributed by atoms with E-state index in [1.54, 1.807) is 31.1 Å². The number of Topliss-reactive ketones (excluding diaryl/α,β-unsaturated/α-hetero) is 2. The summed E-state index contributed by atoms with van der Waals surface area (Å²) in [6.07, 6.45) is 4.14. The molecule has 0 aliphatic heterocycles. The molecule has 0 heterocycles. The van der Waals surface area contributed by atoms with E-state index in [-0.39, 0.29) is 28.5 Å². The Labute approximate surface area is 156 Å². The molecule has 2 rings (SSSR count). The van der Waals surface area contributed by atoms with Crippen LogP contribution in [0.3, 0.4) is 0 Å². The summed E-state index contributed by atoms with van der Waals surface area (Å²) >= 11 is 3.30. The molecule has 0 radical (unpaired) electrons. The number of carbonyl (C=O) groups is 2. The molecule has 0 N–H and O–H groups in total. The SMILES string of the molecule is CN(C)/C=C(/C(=O)c1ccc(Br)cc1N(C)S(C)(=O)=O)C(=O)C1CC1. The van der Waals surface area contributed by atoms with Crippen molar-refractivity contribution in [2.45, 2.75) is 12.8 Å². The summed E-state index contributed by atoms with van der Waals surface area (Å²) in [5.74, 6) is -0.764. The molecule has 0 aromatic heterocycles. The lowest BCUT2D eigenvalue weighted by Gasteiger charge is -2.21. The first-order valence-electron chi connectivity index (χ1n) is 7.73. The van der Waals surface area contributed by atoms with Crippen LogP contribution in [0.25, 0.3) is 0 Å². The highest BCUT2D eigenvalue weighted by Crippen LogP contribution is 2.35. The molecule has 1 aliphatic carbocycles. The third kappa shape index (κ3) is 4.70. The zero-order valence-electron chi connectivity index (χ0n) is 14.6. The number of ketones is 2. The maximum Gasteiger partial charge on any atom is 0.232 e. The predicted molar refractivity (Wildman–Crippen MR) is 101 cm³/mol. The highest BCUT2D eigenvalue weighted by Gasteiger charge is 2.35. The van der Waals surface area contributed by atoms with Crippen molar-refractivity contribution in [3.05, 3.63) is 40.0 Å². The Balaban J connectivity index is 2.55. The van der Waals surface area contributed by atoms with E-state index in [2.05, 4.69) is 15.9 Å². The van der Waals surface area contributed by atoms with E-state index in [1.165, 1.54) is 19.3 Å². The number of benzene rings is 1. The first kappa shape index (κ1) is 19.7. The van der Waals surface area contributed by atoms with Gasteiger partial charge in [-0.3, -0.25) is 13.9 Å². The van der Waals surface area contributed by atoms with Crippen molar-refractivity contribution >= 4 is 43.2 Å². The molecule has 136 valence electrons. The highest BCUT2D eigenvalue weighted by molar-refractivity contribution is 9.10. The summed E-state index contributed by atoms with van der Waals surface area (Å²) in [5, 5.41) is 0. The van der Waals surface area contributed by atoms with Crippen LogP contribution in [0, 0.1) is 5.92 Å². The summed E-state index contributed by atoms with van der Waals surface area (Å²) in [6.45, 7) is 0. The molecule has 1 fully saturated rings. The summed E-state index contributed by atoms with van der Waals surface area (Å²) in [7, 11) is 1.29. The number of sulfonamides is 1. The summed E-state index contributed by atoms with van der Waals surface area (Å²) < 4.78 is 25.5. The van der Waals surface area contributed by atoms with Crippen molar-refractivity contribution in [1.82, 2.24) is 4.90 Å². The van der Waals surface area contributed by atoms with Gasteiger partial charge in [0.1, 0.15) is 0 Å². The summed E-state index contributed by atoms with van der Waals surface area (Å²) in [5.41, 5.74) is 0.492. The molecule has 0 amide bonds. The number of allylic oxidation sites excluding steroid dienone is 1. The van der Waals surface area contributed by atoms with Gasteiger partial charge in [0.2, 0.25) is 10.0 Å². The maximum absolute atomic E-state index is 13.1. The summed E-state index contributed by atoms with van der Waals surface area (Å²) in [4.78, 5) is 27.3. The van der Waals surface area contributed by atoms with Gasteiger partial charge in [0.15, 0.2) is 11.6 Å². The van der Waals surface area contributed by atoms with Gasteiger partial charge in [0.25, 0.3) is 0 Å². The van der Waals surface area contributed by atoms with Crippen LogP contribution in [0.5, 0.6) is 0 Å². The second kappa shape index (κ2) is 7.29. The fourth-order valence-electron chi connectivity index (χ4n) is 2.34. The summed E-state index contributed by atoms with van der Waals surface area (Å²) in [6, 6.07) is 4.75. The van der Waals surface area contributed by atoms with Gasteiger partial charge in [-0.2, -0.15) is 0 Å². The molecular formula is C17H21BrN2O4S. The lowest BCUT2D eigenvalue weighted by Crippen LogP contribution is -2.28. The monoisotopic (exact) mass is 428 g/mol. The van der Waals surface area contributed by atoms with Crippen LogP contribution in [0.1, 0.15) is 23.2 Å². The van der Waals surface area contributed by atoms with E-state index >= 15 is 0 Å². The molecule has 1 aromatic carbocycles. The van der Waals surface area contributed by atoms with Gasteiger partial charge < -0.3 is 4.90 Å². The molecule has 0 bridgehead atoms. The molecule has 6 nitrogen and oxygen atoms in total. The number of hydrogen-bond donors (Lipinski definition) is 0. The van der Waals surface area contributed by atoms with Crippen LogP contribution in [0.2, 0.25) is 0 Å². The average molecular weight is 429 g/mol. The van der Waals surface area contributed by atoms with E-state index < -0.39 is 15.8 Å². The van der Waals surface area contributed by atoms with Crippen molar-refractivity contribution in [2.75, 3.05) is 31.7 Å². The van der Waals surface area contributed by atoms with Gasteiger partial charge in [-0.15, -0.1) is 0 Å². The molecule has 25 heavy (non-hydrogen) atoms. The van der Waals surface area contributed by atoms with E-state index in [4.69, 9.17) is 0 Å². The lowest BCUT2D eigenvalue weighted by molar-refractivity contribution is -0.116. The van der Waals surface area contributed by atoms with Gasteiger partial charge in [0.05, 0.1) is 17.5 Å². The quantitative estimate of drug-likeness (QED) is 0.288. The second-order valence-corrected chi connectivity index (χ2v) is 9.30. The van der Waals surface area contributed by atoms with Crippen molar-refractivity contribution < 1.29 is 18.0 Å². The number of rotatable bonds is 7. The molecule has 0 atom stereocenters. The normalized spacial score (nSPS) is 15.0. The largest absolute Gasteiger partial charge is 0.383 e. The highest BCUT2D eigenvalue weighted by atomic mass is 79.9. The van der Waals surface area contributed by atoms with Crippen LogP contribution < -0.4 is 4.31 Å². The Hall–Kier alpha value is -1.67. The van der Waals surface area contributed by atoms with Gasteiger partial charge in [0, 0.05) is 43.3 Å². The fraction of sp³-hybridized carbons (Fsp3) is 0.412. The number of halogens is 1. The smallest absolute Gasteiger partial charge is 0.232 e. The van der Waals surface area contributed by atoms with E-state index in [9.17, 15) is 18.0 Å². The minimum Gasteiger partial charge on any atom is -0.383 e. The Kier molecular flexibility index (Phi) is 5.73. The van der Waals surface area contributed by atoms with Crippen LogP contribution in [0.15, 0.2) is 34.4 Å². The Morgan fingerprint density at radius 3 is 2.28 bits per heavy atom. The van der Waals surface area contributed by atoms with Crippen molar-refractivity contribution in [3.8, 4) is 0 Å². The van der Waals surface area contributed by atoms with Crippen molar-refractivity contribution in [1.29, 1.82) is 0 Å². The van der Waals surface area contributed by atoms with Gasteiger partial charge in [-0.25, -0.2) is 8.42 Å². The maximum atomic E-state index is 13.1. The number of nitrogens with zero attached hydrogens (tertiary/aromatic N) is 2. The van der Waals surface area contributed by atoms with Crippen LogP contribution >= 0.6 is 15.9 Å². The number of anilines is 1. The van der Waals surface area contributed by atoms with Crippen LogP contribution in [-0.2, 0) is 14.8 Å². The third-order valence-electron chi connectivity index (χ3n) is 3.89. The molecule has 1 saturated carbocycles. The minimum atomic E-state index is -3.56. The molecule has 0 spiro atoms. The van der Waals surface area contributed by atoms with Gasteiger partial charge >= 0.3 is 0 Å². The lowest BCUT2D eigenvalue weighted by atomic mass is 9.97. The Morgan fingerprint density at radius 1 is 1.20 bits per heavy atom. The standard InChI is InChI=1S/C17H21BrN2O4S/c1-19(2)10-14(16(21)11-5-6-11)17(22)13-8-7-12(18)9-15(13)20(3)25(4,23)24/h7-11H,5-6H2,1-4H3/b14-10+. The molecule has 0 unspecified atom stereocenters. The first-order chi connectivity index (χ1) is 11.5. The molecule has 0 saturated heterocycles. The van der Waals surface area contributed by atoms with Crippen LogP contribution in [-0.4, -0.2) is 52.3 Å². The van der Waals surface area contributed by atoms with Gasteiger partial charge in [-0.05, 0) is 31.0 Å². The second-order valence-electron chi connectivity index (χ2n) is 6.37. The zero-order valence-corrected chi connectivity index (χ0v) is 17.0. The minimum absolute atomic E-state index is 0.0815. The topological polar surface area (TPSA) is 74.8 Å². The fourth-order valence-corrected chi connectivity index (χ4v) is 3.20. The van der Waals surface area contributed by atoms with E-state index in [0.29, 0.717) is 4.47 Å². The van der Waals surface area contributed by atoms with E-state index in [0.717, 1.165) is 23.4 Å².